The Labute approximate surface area is 103 Å². The SMILES string of the molecule is NC(Cc1c[nH]c2c(F)cccc12)c1cn[nH]c1. The van der Waals surface area contributed by atoms with Crippen molar-refractivity contribution in [2.75, 3.05) is 0 Å². The second-order valence-corrected chi connectivity index (χ2v) is 4.32. The van der Waals surface area contributed by atoms with E-state index >= 15 is 0 Å². The lowest BCUT2D eigenvalue weighted by molar-refractivity contribution is 0.637. The maximum atomic E-state index is 13.5. The first-order chi connectivity index (χ1) is 8.75. The lowest BCUT2D eigenvalue weighted by Gasteiger charge is -2.08. The number of nitrogens with two attached hydrogens (primary N) is 1. The minimum absolute atomic E-state index is 0.147. The molecule has 3 aromatic rings. The van der Waals surface area contributed by atoms with E-state index in [4.69, 9.17) is 5.73 Å². The largest absolute Gasteiger partial charge is 0.359 e. The number of nitrogens with one attached hydrogen (secondary N) is 2. The van der Waals surface area contributed by atoms with Crippen molar-refractivity contribution in [1.29, 1.82) is 0 Å². The summed E-state index contributed by atoms with van der Waals surface area (Å²) in [5, 5.41) is 7.50. The Morgan fingerprint density at radius 1 is 1.33 bits per heavy atom. The average molecular weight is 244 g/mol. The minimum atomic E-state index is -0.240. The number of hydrogen-bond acceptors (Lipinski definition) is 2. The van der Waals surface area contributed by atoms with E-state index < -0.39 is 0 Å². The molecule has 0 radical (unpaired) electrons. The number of rotatable bonds is 3. The first-order valence-corrected chi connectivity index (χ1v) is 5.74. The number of fused-ring (bicyclic) bond motifs is 1. The maximum Gasteiger partial charge on any atom is 0.147 e. The molecule has 0 spiro atoms. The van der Waals surface area contributed by atoms with Crippen molar-refractivity contribution in [2.24, 2.45) is 5.73 Å². The van der Waals surface area contributed by atoms with Crippen molar-refractivity contribution >= 4 is 10.9 Å². The summed E-state index contributed by atoms with van der Waals surface area (Å²) in [5.41, 5.74) is 8.58. The Hall–Kier alpha value is -2.14. The molecule has 5 heteroatoms. The number of para-hydroxylation sites is 1. The molecule has 4 N–H and O–H groups in total. The van der Waals surface area contributed by atoms with Crippen LogP contribution in [0.1, 0.15) is 17.2 Å². The van der Waals surface area contributed by atoms with E-state index in [1.165, 1.54) is 6.07 Å². The zero-order chi connectivity index (χ0) is 12.5. The van der Waals surface area contributed by atoms with Crippen molar-refractivity contribution in [3.05, 3.63) is 53.7 Å². The molecule has 0 saturated heterocycles. The standard InChI is InChI=1S/C13H13FN4/c14-11-3-1-2-10-8(5-16-13(10)11)4-12(15)9-6-17-18-7-9/h1-3,5-7,12,16H,4,15H2,(H,17,18). The summed E-state index contributed by atoms with van der Waals surface area (Å²) in [6.45, 7) is 0. The van der Waals surface area contributed by atoms with Crippen LogP contribution in [0.2, 0.25) is 0 Å². The summed E-state index contributed by atoms with van der Waals surface area (Å²) in [5.74, 6) is -0.240. The van der Waals surface area contributed by atoms with Crippen LogP contribution in [0.25, 0.3) is 10.9 Å². The van der Waals surface area contributed by atoms with Gasteiger partial charge in [0.2, 0.25) is 0 Å². The molecule has 2 aromatic heterocycles. The van der Waals surface area contributed by atoms with Crippen LogP contribution in [0.3, 0.4) is 0 Å². The van der Waals surface area contributed by atoms with Gasteiger partial charge in [-0.1, -0.05) is 12.1 Å². The van der Waals surface area contributed by atoms with E-state index in [0.29, 0.717) is 11.9 Å². The third-order valence-corrected chi connectivity index (χ3v) is 3.14. The number of nitrogens with zero attached hydrogens (tertiary/aromatic N) is 1. The molecule has 0 saturated carbocycles. The molecule has 0 amide bonds. The Kier molecular flexibility index (Phi) is 2.60. The lowest BCUT2D eigenvalue weighted by Crippen LogP contribution is -2.12. The number of H-pyrrole nitrogens is 2. The molecule has 1 aromatic carbocycles. The van der Waals surface area contributed by atoms with Crippen molar-refractivity contribution in [3.8, 4) is 0 Å². The number of halogens is 1. The van der Waals surface area contributed by atoms with Gasteiger partial charge in [-0.05, 0) is 18.1 Å². The average Bonchev–Trinajstić information content (AvgIpc) is 2.99. The van der Waals surface area contributed by atoms with E-state index in [2.05, 4.69) is 15.2 Å². The van der Waals surface area contributed by atoms with Gasteiger partial charge in [-0.15, -0.1) is 0 Å². The van der Waals surface area contributed by atoms with Crippen LogP contribution in [0.15, 0.2) is 36.8 Å². The van der Waals surface area contributed by atoms with Gasteiger partial charge in [0.15, 0.2) is 0 Å². The van der Waals surface area contributed by atoms with Gasteiger partial charge in [-0.2, -0.15) is 5.10 Å². The fraction of sp³-hybridized carbons (Fsp3) is 0.154. The van der Waals surface area contributed by atoms with Gasteiger partial charge in [0.05, 0.1) is 11.7 Å². The van der Waals surface area contributed by atoms with Crippen LogP contribution in [0.4, 0.5) is 4.39 Å². The summed E-state index contributed by atoms with van der Waals surface area (Å²) in [6.07, 6.45) is 5.94. The van der Waals surface area contributed by atoms with Gasteiger partial charge in [-0.3, -0.25) is 5.10 Å². The molecule has 0 aliphatic rings. The summed E-state index contributed by atoms with van der Waals surface area (Å²) < 4.78 is 13.5. The van der Waals surface area contributed by atoms with Crippen LogP contribution >= 0.6 is 0 Å². The Balaban J connectivity index is 1.94. The lowest BCUT2D eigenvalue weighted by atomic mass is 10.0. The molecule has 1 unspecified atom stereocenters. The number of benzene rings is 1. The topological polar surface area (TPSA) is 70.5 Å². The smallest absolute Gasteiger partial charge is 0.147 e. The normalized spacial score (nSPS) is 13.0. The molecule has 0 aliphatic carbocycles. The van der Waals surface area contributed by atoms with Gasteiger partial charge in [-0.25, -0.2) is 4.39 Å². The molecule has 1 atom stereocenters. The molecule has 92 valence electrons. The van der Waals surface area contributed by atoms with Crippen molar-refractivity contribution in [2.45, 2.75) is 12.5 Å². The second kappa shape index (κ2) is 4.27. The minimum Gasteiger partial charge on any atom is -0.359 e. The summed E-state index contributed by atoms with van der Waals surface area (Å²) in [4.78, 5) is 2.95. The monoisotopic (exact) mass is 244 g/mol. The predicted octanol–water partition coefficient (Wildman–Crippen LogP) is 2.27. The van der Waals surface area contributed by atoms with Gasteiger partial charge in [0.1, 0.15) is 5.82 Å². The molecule has 18 heavy (non-hydrogen) atoms. The van der Waals surface area contributed by atoms with E-state index in [0.717, 1.165) is 16.5 Å². The highest BCUT2D eigenvalue weighted by Crippen LogP contribution is 2.24. The first-order valence-electron chi connectivity index (χ1n) is 5.74. The molecule has 4 nitrogen and oxygen atoms in total. The fourth-order valence-corrected chi connectivity index (χ4v) is 2.16. The summed E-state index contributed by atoms with van der Waals surface area (Å²) >= 11 is 0. The predicted molar refractivity (Wildman–Crippen MR) is 67.5 cm³/mol. The highest BCUT2D eigenvalue weighted by Gasteiger charge is 2.12. The van der Waals surface area contributed by atoms with Crippen LogP contribution in [0, 0.1) is 5.82 Å². The summed E-state index contributed by atoms with van der Waals surface area (Å²) in [7, 11) is 0. The molecular formula is C13H13FN4. The van der Waals surface area contributed by atoms with Gasteiger partial charge in [0.25, 0.3) is 0 Å². The Bertz CT molecular complexity index is 657. The zero-order valence-electron chi connectivity index (χ0n) is 9.65. The van der Waals surface area contributed by atoms with Gasteiger partial charge < -0.3 is 10.7 Å². The third-order valence-electron chi connectivity index (χ3n) is 3.14. The Morgan fingerprint density at radius 2 is 2.22 bits per heavy atom. The molecular weight excluding hydrogens is 231 g/mol. The molecule has 0 bridgehead atoms. The highest BCUT2D eigenvalue weighted by atomic mass is 19.1. The molecule has 2 heterocycles. The summed E-state index contributed by atoms with van der Waals surface area (Å²) in [6, 6.07) is 4.90. The quantitative estimate of drug-likeness (QED) is 0.661. The molecule has 0 aliphatic heterocycles. The number of hydrogen-bond donors (Lipinski definition) is 3. The van der Waals surface area contributed by atoms with E-state index in [1.807, 2.05) is 12.3 Å². The van der Waals surface area contributed by atoms with Crippen LogP contribution in [-0.2, 0) is 6.42 Å². The van der Waals surface area contributed by atoms with Crippen LogP contribution in [-0.4, -0.2) is 15.2 Å². The van der Waals surface area contributed by atoms with Crippen molar-refractivity contribution in [1.82, 2.24) is 15.2 Å². The van der Waals surface area contributed by atoms with Crippen LogP contribution < -0.4 is 5.73 Å². The van der Waals surface area contributed by atoms with Crippen molar-refractivity contribution < 1.29 is 4.39 Å². The molecule has 3 rings (SSSR count). The first kappa shape index (κ1) is 11.0. The van der Waals surface area contributed by atoms with Gasteiger partial charge in [0, 0.05) is 29.4 Å². The zero-order valence-corrected chi connectivity index (χ0v) is 9.65. The van der Waals surface area contributed by atoms with E-state index in [1.54, 1.807) is 18.5 Å². The maximum absolute atomic E-state index is 13.5. The highest BCUT2D eigenvalue weighted by molar-refractivity contribution is 5.83. The Morgan fingerprint density at radius 3 is 3.00 bits per heavy atom. The van der Waals surface area contributed by atoms with Gasteiger partial charge >= 0.3 is 0 Å². The number of aromatic amines is 2. The fourth-order valence-electron chi connectivity index (χ4n) is 2.16. The van der Waals surface area contributed by atoms with E-state index in [-0.39, 0.29) is 11.9 Å². The van der Waals surface area contributed by atoms with E-state index in [9.17, 15) is 4.39 Å². The van der Waals surface area contributed by atoms with Crippen LogP contribution in [0.5, 0.6) is 0 Å². The molecule has 0 fully saturated rings. The third kappa shape index (κ3) is 1.78. The second-order valence-electron chi connectivity index (χ2n) is 4.32. The number of aromatic nitrogens is 3. The van der Waals surface area contributed by atoms with Crippen molar-refractivity contribution in [3.63, 3.8) is 0 Å².